The van der Waals surface area contributed by atoms with Crippen molar-refractivity contribution in [2.75, 3.05) is 18.5 Å². The Bertz CT molecular complexity index is 786. The number of carbonyl (C=O) groups is 2. The van der Waals surface area contributed by atoms with E-state index in [1.807, 2.05) is 4.90 Å². The molecule has 0 saturated carbocycles. The first-order valence-electron chi connectivity index (χ1n) is 8.31. The second kappa shape index (κ2) is 6.89. The van der Waals surface area contributed by atoms with Crippen molar-refractivity contribution in [2.24, 2.45) is 0 Å². The maximum absolute atomic E-state index is 12.6. The predicted molar refractivity (Wildman–Crippen MR) is 92.4 cm³/mol. The van der Waals surface area contributed by atoms with Crippen molar-refractivity contribution < 1.29 is 14.3 Å². The van der Waals surface area contributed by atoms with E-state index in [1.165, 1.54) is 11.3 Å². The normalized spacial score (nSPS) is 19.5. The van der Waals surface area contributed by atoms with Gasteiger partial charge in [0.1, 0.15) is 6.10 Å². The molecule has 0 spiro atoms. The van der Waals surface area contributed by atoms with Crippen LogP contribution < -0.4 is 5.32 Å². The number of amides is 2. The van der Waals surface area contributed by atoms with Crippen molar-refractivity contribution in [1.29, 1.82) is 0 Å². The zero-order valence-corrected chi connectivity index (χ0v) is 14.4. The van der Waals surface area contributed by atoms with Crippen LogP contribution in [-0.2, 0) is 22.5 Å². The van der Waals surface area contributed by atoms with Gasteiger partial charge in [0.15, 0.2) is 5.13 Å². The van der Waals surface area contributed by atoms with Crippen molar-refractivity contribution >= 4 is 28.3 Å². The zero-order chi connectivity index (χ0) is 17.2. The molecular weight excluding hydrogens is 340 g/mol. The molecule has 1 saturated heterocycles. The standard InChI is InChI=1S/C17H18N4O3S/c22-15(13-2-1-9-24-13)20-17-19-12-5-8-21(10-14(12)25-17)16(23)11-3-6-18-7-4-11/h3-4,6-7,13H,1-2,5,8-10H2,(H,19,20,22). The molecule has 1 unspecified atom stereocenters. The number of fused-ring (bicyclic) bond motifs is 1. The van der Waals surface area contributed by atoms with Crippen LogP contribution in [-0.4, -0.2) is 45.9 Å². The Morgan fingerprint density at radius 1 is 1.32 bits per heavy atom. The Morgan fingerprint density at radius 2 is 2.16 bits per heavy atom. The molecular formula is C17H18N4O3S. The molecule has 130 valence electrons. The number of anilines is 1. The van der Waals surface area contributed by atoms with E-state index in [2.05, 4.69) is 15.3 Å². The average Bonchev–Trinajstić information content (AvgIpc) is 3.30. The van der Waals surface area contributed by atoms with Gasteiger partial charge in [0.05, 0.1) is 12.2 Å². The minimum atomic E-state index is -0.370. The van der Waals surface area contributed by atoms with E-state index in [0.717, 1.165) is 23.4 Å². The lowest BCUT2D eigenvalue weighted by molar-refractivity contribution is -0.124. The van der Waals surface area contributed by atoms with Crippen LogP contribution >= 0.6 is 11.3 Å². The summed E-state index contributed by atoms with van der Waals surface area (Å²) in [5.41, 5.74) is 1.60. The number of hydrogen-bond donors (Lipinski definition) is 1. The molecule has 2 aromatic rings. The second-order valence-electron chi connectivity index (χ2n) is 6.09. The third-order valence-corrected chi connectivity index (χ3v) is 5.40. The smallest absolute Gasteiger partial charge is 0.255 e. The summed E-state index contributed by atoms with van der Waals surface area (Å²) in [6.07, 6.45) is 5.23. The molecule has 8 heteroatoms. The molecule has 2 amide bonds. The van der Waals surface area contributed by atoms with Gasteiger partial charge in [-0.3, -0.25) is 19.9 Å². The summed E-state index contributed by atoms with van der Waals surface area (Å²) in [6, 6.07) is 3.44. The Hall–Kier alpha value is -2.32. The molecule has 0 radical (unpaired) electrons. The van der Waals surface area contributed by atoms with Crippen LogP contribution in [0.2, 0.25) is 0 Å². The molecule has 2 aromatic heterocycles. The van der Waals surface area contributed by atoms with Gasteiger partial charge in [-0.25, -0.2) is 4.98 Å². The monoisotopic (exact) mass is 358 g/mol. The van der Waals surface area contributed by atoms with E-state index in [4.69, 9.17) is 4.74 Å². The Morgan fingerprint density at radius 3 is 2.92 bits per heavy atom. The lowest BCUT2D eigenvalue weighted by Crippen LogP contribution is -2.35. The summed E-state index contributed by atoms with van der Waals surface area (Å²) in [6.45, 7) is 1.78. The summed E-state index contributed by atoms with van der Waals surface area (Å²) in [5.74, 6) is -0.139. The van der Waals surface area contributed by atoms with Crippen LogP contribution in [0.5, 0.6) is 0 Å². The molecule has 1 fully saturated rings. The van der Waals surface area contributed by atoms with E-state index in [9.17, 15) is 9.59 Å². The minimum absolute atomic E-state index is 0.00797. The number of rotatable bonds is 3. The van der Waals surface area contributed by atoms with Gasteiger partial charge >= 0.3 is 0 Å². The first-order chi connectivity index (χ1) is 12.2. The van der Waals surface area contributed by atoms with Crippen molar-refractivity contribution in [3.05, 3.63) is 40.7 Å². The summed E-state index contributed by atoms with van der Waals surface area (Å²) in [4.78, 5) is 36.0. The van der Waals surface area contributed by atoms with Gasteiger partial charge in [0.2, 0.25) is 0 Å². The Balaban J connectivity index is 1.44. The molecule has 25 heavy (non-hydrogen) atoms. The quantitative estimate of drug-likeness (QED) is 0.905. The molecule has 0 aliphatic carbocycles. The maximum Gasteiger partial charge on any atom is 0.255 e. The topological polar surface area (TPSA) is 84.4 Å². The molecule has 0 bridgehead atoms. The lowest BCUT2D eigenvalue weighted by Gasteiger charge is -2.26. The van der Waals surface area contributed by atoms with Crippen LogP contribution in [0.25, 0.3) is 0 Å². The number of ether oxygens (including phenoxy) is 1. The molecule has 1 atom stereocenters. The fourth-order valence-corrected chi connectivity index (χ4v) is 4.10. The van der Waals surface area contributed by atoms with Crippen LogP contribution in [0, 0.1) is 0 Å². The molecule has 2 aliphatic heterocycles. The van der Waals surface area contributed by atoms with Gasteiger partial charge in [-0.2, -0.15) is 0 Å². The van der Waals surface area contributed by atoms with Gasteiger partial charge in [0, 0.05) is 42.4 Å². The van der Waals surface area contributed by atoms with Gasteiger partial charge in [0.25, 0.3) is 11.8 Å². The molecule has 0 aromatic carbocycles. The molecule has 2 aliphatic rings. The Kier molecular flexibility index (Phi) is 4.46. The summed E-state index contributed by atoms with van der Waals surface area (Å²) in [7, 11) is 0. The van der Waals surface area contributed by atoms with Crippen LogP contribution in [0.1, 0.15) is 33.8 Å². The third-order valence-electron chi connectivity index (χ3n) is 4.40. The highest BCUT2D eigenvalue weighted by Crippen LogP contribution is 2.29. The van der Waals surface area contributed by atoms with Gasteiger partial charge in [-0.05, 0) is 25.0 Å². The molecule has 7 nitrogen and oxygen atoms in total. The average molecular weight is 358 g/mol. The van der Waals surface area contributed by atoms with Gasteiger partial charge < -0.3 is 9.64 Å². The van der Waals surface area contributed by atoms with Gasteiger partial charge in [-0.1, -0.05) is 11.3 Å². The van der Waals surface area contributed by atoms with Gasteiger partial charge in [-0.15, -0.1) is 0 Å². The SMILES string of the molecule is O=C(Nc1nc2c(s1)CN(C(=O)c1ccncc1)CC2)C1CCCO1. The number of pyridine rings is 1. The fourth-order valence-electron chi connectivity index (χ4n) is 3.07. The van der Waals surface area contributed by atoms with E-state index in [1.54, 1.807) is 24.5 Å². The third kappa shape index (κ3) is 3.40. The summed E-state index contributed by atoms with van der Waals surface area (Å²) >= 11 is 1.43. The first kappa shape index (κ1) is 16.2. The highest BCUT2D eigenvalue weighted by atomic mass is 32.1. The number of nitrogens with one attached hydrogen (secondary N) is 1. The second-order valence-corrected chi connectivity index (χ2v) is 7.18. The number of aromatic nitrogens is 2. The van der Waals surface area contributed by atoms with Crippen LogP contribution in [0.4, 0.5) is 5.13 Å². The van der Waals surface area contributed by atoms with Crippen LogP contribution in [0.15, 0.2) is 24.5 Å². The summed E-state index contributed by atoms with van der Waals surface area (Å²) in [5, 5.41) is 3.44. The molecule has 4 rings (SSSR count). The van der Waals surface area contributed by atoms with Crippen molar-refractivity contribution in [3.8, 4) is 0 Å². The number of nitrogens with zero attached hydrogens (tertiary/aromatic N) is 3. The first-order valence-corrected chi connectivity index (χ1v) is 9.13. The largest absolute Gasteiger partial charge is 0.368 e. The number of carbonyl (C=O) groups excluding carboxylic acids is 2. The van der Waals surface area contributed by atoms with E-state index < -0.39 is 0 Å². The lowest BCUT2D eigenvalue weighted by atomic mass is 10.1. The van der Waals surface area contributed by atoms with Crippen molar-refractivity contribution in [1.82, 2.24) is 14.9 Å². The number of thiazole rings is 1. The Labute approximate surface area is 149 Å². The molecule has 1 N–H and O–H groups in total. The maximum atomic E-state index is 12.6. The zero-order valence-electron chi connectivity index (χ0n) is 13.6. The minimum Gasteiger partial charge on any atom is -0.368 e. The highest BCUT2D eigenvalue weighted by Gasteiger charge is 2.27. The van der Waals surface area contributed by atoms with E-state index in [0.29, 0.717) is 36.8 Å². The highest BCUT2D eigenvalue weighted by molar-refractivity contribution is 7.15. The fraction of sp³-hybridized carbons (Fsp3) is 0.412. The van der Waals surface area contributed by atoms with Crippen molar-refractivity contribution in [3.63, 3.8) is 0 Å². The van der Waals surface area contributed by atoms with E-state index >= 15 is 0 Å². The van der Waals surface area contributed by atoms with E-state index in [-0.39, 0.29) is 17.9 Å². The summed E-state index contributed by atoms with van der Waals surface area (Å²) < 4.78 is 5.39. The number of hydrogen-bond acceptors (Lipinski definition) is 6. The van der Waals surface area contributed by atoms with Crippen LogP contribution in [0.3, 0.4) is 0 Å². The van der Waals surface area contributed by atoms with Crippen molar-refractivity contribution in [2.45, 2.75) is 31.9 Å². The predicted octanol–water partition coefficient (Wildman–Crippen LogP) is 1.85. The molecule has 4 heterocycles.